The number of halogens is 1. The fourth-order valence-corrected chi connectivity index (χ4v) is 3.13. The van der Waals surface area contributed by atoms with Crippen molar-refractivity contribution in [2.75, 3.05) is 0 Å². The summed E-state index contributed by atoms with van der Waals surface area (Å²) < 4.78 is 19.9. The quantitative estimate of drug-likeness (QED) is 0.509. The molecule has 1 amide bonds. The minimum Gasteiger partial charge on any atom is -0.345 e. The summed E-state index contributed by atoms with van der Waals surface area (Å²) in [5.74, 6) is 1.01. The lowest BCUT2D eigenvalue weighted by molar-refractivity contribution is 0.0939. The molecule has 0 unspecified atom stereocenters. The molecule has 1 N–H and O–H groups in total. The van der Waals surface area contributed by atoms with Gasteiger partial charge < -0.3 is 9.84 Å². The van der Waals surface area contributed by atoms with Crippen LogP contribution in [-0.4, -0.2) is 30.8 Å². The lowest BCUT2D eigenvalue weighted by Crippen LogP contribution is -2.27. The third-order valence-electron chi connectivity index (χ3n) is 4.97. The van der Waals surface area contributed by atoms with E-state index in [0.717, 1.165) is 5.56 Å². The molecule has 1 atom stereocenters. The molecule has 9 heteroatoms. The van der Waals surface area contributed by atoms with E-state index in [1.54, 1.807) is 36.0 Å². The Morgan fingerprint density at radius 2 is 1.97 bits per heavy atom. The average molecular weight is 420 g/mol. The Kier molecular flexibility index (Phi) is 5.57. The fraction of sp³-hybridized carbons (Fsp3) is 0.227. The van der Waals surface area contributed by atoms with Crippen molar-refractivity contribution in [3.05, 3.63) is 77.3 Å². The third kappa shape index (κ3) is 4.20. The molecule has 0 aliphatic rings. The number of carbonyl (C=O) groups excluding carboxylic acids is 1. The standard InChI is InChI=1S/C22H21FN6O2/c1-4-19-27-22(31-28-19)16-7-10-20(24-11-16)29-14(3)18(12-25-29)21(30)26-13(2)15-5-8-17(23)9-6-15/h5-13H,4H2,1-3H3,(H,26,30)/t13-/m0/s1. The minimum absolute atomic E-state index is 0.268. The monoisotopic (exact) mass is 420 g/mol. The molecule has 0 radical (unpaired) electrons. The Bertz CT molecular complexity index is 1200. The smallest absolute Gasteiger partial charge is 0.259 e. The maximum atomic E-state index is 13.1. The normalized spacial score (nSPS) is 12.0. The Morgan fingerprint density at radius 1 is 1.19 bits per heavy atom. The molecule has 0 aliphatic carbocycles. The summed E-state index contributed by atoms with van der Waals surface area (Å²) >= 11 is 0. The zero-order valence-electron chi connectivity index (χ0n) is 17.3. The number of hydrogen-bond acceptors (Lipinski definition) is 6. The summed E-state index contributed by atoms with van der Waals surface area (Å²) in [7, 11) is 0. The number of pyridine rings is 1. The van der Waals surface area contributed by atoms with Crippen LogP contribution in [0.2, 0.25) is 0 Å². The van der Waals surface area contributed by atoms with Crippen LogP contribution < -0.4 is 5.32 Å². The number of aryl methyl sites for hydroxylation is 1. The van der Waals surface area contributed by atoms with Gasteiger partial charge in [0.2, 0.25) is 0 Å². The lowest BCUT2D eigenvalue weighted by Gasteiger charge is -2.14. The number of aromatic nitrogens is 5. The van der Waals surface area contributed by atoms with Gasteiger partial charge in [-0.3, -0.25) is 4.79 Å². The molecular formula is C22H21FN6O2. The number of hydrogen-bond donors (Lipinski definition) is 1. The molecule has 0 spiro atoms. The highest BCUT2D eigenvalue weighted by Crippen LogP contribution is 2.20. The Hall–Kier alpha value is -3.88. The summed E-state index contributed by atoms with van der Waals surface area (Å²) in [5.41, 5.74) is 2.59. The molecule has 1 aromatic carbocycles. The molecule has 3 heterocycles. The zero-order chi connectivity index (χ0) is 22.0. The van der Waals surface area contributed by atoms with Crippen molar-refractivity contribution < 1.29 is 13.7 Å². The number of benzene rings is 1. The Balaban J connectivity index is 1.50. The first-order valence-electron chi connectivity index (χ1n) is 9.86. The van der Waals surface area contributed by atoms with Gasteiger partial charge in [0.05, 0.1) is 29.1 Å². The SMILES string of the molecule is CCc1noc(-c2ccc(-n3ncc(C(=O)N[C@@H](C)c4ccc(F)cc4)c3C)nc2)n1. The molecule has 0 saturated heterocycles. The number of amides is 1. The van der Waals surface area contributed by atoms with E-state index in [1.165, 1.54) is 18.3 Å². The van der Waals surface area contributed by atoms with Crippen LogP contribution in [0.15, 0.2) is 53.3 Å². The van der Waals surface area contributed by atoms with Crippen LogP contribution in [-0.2, 0) is 6.42 Å². The van der Waals surface area contributed by atoms with Gasteiger partial charge >= 0.3 is 0 Å². The minimum atomic E-state index is -0.317. The fourth-order valence-electron chi connectivity index (χ4n) is 3.13. The first-order valence-corrected chi connectivity index (χ1v) is 9.86. The Morgan fingerprint density at radius 3 is 2.61 bits per heavy atom. The highest BCUT2D eigenvalue weighted by Gasteiger charge is 2.18. The van der Waals surface area contributed by atoms with Crippen LogP contribution >= 0.6 is 0 Å². The highest BCUT2D eigenvalue weighted by atomic mass is 19.1. The highest BCUT2D eigenvalue weighted by molar-refractivity contribution is 5.95. The average Bonchev–Trinajstić information content (AvgIpc) is 3.41. The van der Waals surface area contributed by atoms with Crippen LogP contribution in [0, 0.1) is 12.7 Å². The van der Waals surface area contributed by atoms with Crippen molar-refractivity contribution in [3.63, 3.8) is 0 Å². The van der Waals surface area contributed by atoms with E-state index in [4.69, 9.17) is 4.52 Å². The summed E-state index contributed by atoms with van der Waals surface area (Å²) in [6.07, 6.45) is 3.81. The van der Waals surface area contributed by atoms with Gasteiger partial charge in [-0.2, -0.15) is 10.1 Å². The summed E-state index contributed by atoms with van der Waals surface area (Å²) in [5, 5.41) is 11.1. The number of nitrogens with zero attached hydrogens (tertiary/aromatic N) is 5. The molecule has 0 saturated carbocycles. The van der Waals surface area contributed by atoms with Gasteiger partial charge in [0, 0.05) is 12.6 Å². The summed E-state index contributed by atoms with van der Waals surface area (Å²) in [6.45, 7) is 5.59. The van der Waals surface area contributed by atoms with Crippen molar-refractivity contribution in [1.29, 1.82) is 0 Å². The molecule has 8 nitrogen and oxygen atoms in total. The van der Waals surface area contributed by atoms with Gasteiger partial charge in [-0.25, -0.2) is 14.1 Å². The van der Waals surface area contributed by atoms with Crippen LogP contribution in [0.3, 0.4) is 0 Å². The van der Waals surface area contributed by atoms with Gasteiger partial charge in [-0.15, -0.1) is 0 Å². The van der Waals surface area contributed by atoms with Crippen molar-refractivity contribution in [2.24, 2.45) is 0 Å². The third-order valence-corrected chi connectivity index (χ3v) is 4.97. The first kappa shape index (κ1) is 20.4. The summed E-state index contributed by atoms with van der Waals surface area (Å²) in [4.78, 5) is 21.4. The van der Waals surface area contributed by atoms with Gasteiger partial charge in [-0.1, -0.05) is 24.2 Å². The molecule has 0 aliphatic heterocycles. The first-order chi connectivity index (χ1) is 15.0. The van der Waals surface area contributed by atoms with Crippen LogP contribution in [0.5, 0.6) is 0 Å². The molecule has 31 heavy (non-hydrogen) atoms. The summed E-state index contributed by atoms with van der Waals surface area (Å²) in [6, 6.07) is 9.34. The number of carbonyl (C=O) groups is 1. The topological polar surface area (TPSA) is 98.7 Å². The molecule has 4 aromatic rings. The van der Waals surface area contributed by atoms with E-state index in [2.05, 4.69) is 25.5 Å². The van der Waals surface area contributed by atoms with Gasteiger partial charge in [0.25, 0.3) is 11.8 Å². The van der Waals surface area contributed by atoms with Crippen LogP contribution in [0.1, 0.15) is 47.3 Å². The zero-order valence-corrected chi connectivity index (χ0v) is 17.3. The molecular weight excluding hydrogens is 399 g/mol. The second-order valence-electron chi connectivity index (χ2n) is 7.08. The number of nitrogens with one attached hydrogen (secondary N) is 1. The van der Waals surface area contributed by atoms with Crippen molar-refractivity contribution in [3.8, 4) is 17.3 Å². The van der Waals surface area contributed by atoms with E-state index in [0.29, 0.717) is 40.8 Å². The van der Waals surface area contributed by atoms with E-state index in [9.17, 15) is 9.18 Å². The molecule has 0 fully saturated rings. The second kappa shape index (κ2) is 8.47. The van der Waals surface area contributed by atoms with Crippen molar-refractivity contribution in [2.45, 2.75) is 33.2 Å². The largest absolute Gasteiger partial charge is 0.345 e. The predicted octanol–water partition coefficient (Wildman–Crippen LogP) is 3.82. The molecule has 158 valence electrons. The lowest BCUT2D eigenvalue weighted by atomic mass is 10.1. The maximum Gasteiger partial charge on any atom is 0.259 e. The predicted molar refractivity (Wildman–Crippen MR) is 111 cm³/mol. The second-order valence-corrected chi connectivity index (χ2v) is 7.08. The van der Waals surface area contributed by atoms with E-state index >= 15 is 0 Å². The van der Waals surface area contributed by atoms with Gasteiger partial charge in [-0.05, 0) is 43.7 Å². The van der Waals surface area contributed by atoms with Gasteiger partial charge in [0.1, 0.15) is 5.82 Å². The number of rotatable bonds is 6. The van der Waals surface area contributed by atoms with E-state index in [1.807, 2.05) is 19.9 Å². The van der Waals surface area contributed by atoms with E-state index < -0.39 is 0 Å². The van der Waals surface area contributed by atoms with E-state index in [-0.39, 0.29) is 17.8 Å². The Labute approximate surface area is 178 Å². The van der Waals surface area contributed by atoms with Crippen molar-refractivity contribution in [1.82, 2.24) is 30.2 Å². The van der Waals surface area contributed by atoms with Crippen molar-refractivity contribution >= 4 is 5.91 Å². The van der Waals surface area contributed by atoms with Gasteiger partial charge in [0.15, 0.2) is 11.6 Å². The molecule has 0 bridgehead atoms. The maximum absolute atomic E-state index is 13.1. The van der Waals surface area contributed by atoms with Crippen LogP contribution in [0.25, 0.3) is 17.3 Å². The van der Waals surface area contributed by atoms with Crippen LogP contribution in [0.4, 0.5) is 4.39 Å². The molecule has 4 rings (SSSR count). The molecule has 3 aromatic heterocycles.